The molecule has 0 saturated carbocycles. The summed E-state index contributed by atoms with van der Waals surface area (Å²) in [7, 11) is 0. The lowest BCUT2D eigenvalue weighted by Gasteiger charge is -2.12. The van der Waals surface area contributed by atoms with Crippen LogP contribution in [0.15, 0.2) is 47.4 Å². The van der Waals surface area contributed by atoms with Crippen LogP contribution in [0.5, 0.6) is 0 Å². The van der Waals surface area contributed by atoms with E-state index in [4.69, 9.17) is 0 Å². The smallest absolute Gasteiger partial charge is 0.141 e. The highest BCUT2D eigenvalue weighted by Crippen LogP contribution is 2.24. The number of rotatable bonds is 2. The van der Waals surface area contributed by atoms with Gasteiger partial charge in [0.2, 0.25) is 0 Å². The number of hydrogen-bond donors (Lipinski definition) is 1. The molecule has 1 nitrogen and oxygen atoms in total. The SMILES string of the molecule is Cc1cc(C)c(C(O)C#CSc2ccccc2)c(C)c1. The molecule has 20 heavy (non-hydrogen) atoms. The van der Waals surface area contributed by atoms with Crippen LogP contribution < -0.4 is 0 Å². The third kappa shape index (κ3) is 3.66. The number of benzene rings is 2. The van der Waals surface area contributed by atoms with Crippen molar-refractivity contribution in [3.8, 4) is 11.2 Å². The lowest BCUT2D eigenvalue weighted by Crippen LogP contribution is -2.01. The van der Waals surface area contributed by atoms with Crippen LogP contribution in [0.4, 0.5) is 0 Å². The largest absolute Gasteiger partial charge is 0.376 e. The first kappa shape index (κ1) is 14.7. The van der Waals surface area contributed by atoms with Gasteiger partial charge in [0.25, 0.3) is 0 Å². The summed E-state index contributed by atoms with van der Waals surface area (Å²) in [5.41, 5.74) is 4.32. The van der Waals surface area contributed by atoms with Crippen molar-refractivity contribution in [2.24, 2.45) is 0 Å². The summed E-state index contributed by atoms with van der Waals surface area (Å²) in [4.78, 5) is 1.09. The predicted molar refractivity (Wildman–Crippen MR) is 85.7 cm³/mol. The van der Waals surface area contributed by atoms with E-state index in [1.807, 2.05) is 44.2 Å². The minimum Gasteiger partial charge on any atom is -0.376 e. The molecule has 0 saturated heterocycles. The Morgan fingerprint density at radius 3 is 2.20 bits per heavy atom. The Morgan fingerprint density at radius 2 is 1.60 bits per heavy atom. The molecule has 0 aromatic heterocycles. The van der Waals surface area contributed by atoms with Crippen molar-refractivity contribution in [2.45, 2.75) is 31.8 Å². The summed E-state index contributed by atoms with van der Waals surface area (Å²) in [5.74, 6) is 2.92. The Hall–Kier alpha value is -1.69. The number of aliphatic hydroxyl groups excluding tert-OH is 1. The van der Waals surface area contributed by atoms with Crippen molar-refractivity contribution in [1.82, 2.24) is 0 Å². The molecule has 2 aromatic rings. The number of hydrogen-bond acceptors (Lipinski definition) is 2. The Labute approximate surface area is 125 Å². The van der Waals surface area contributed by atoms with Gasteiger partial charge in [0.1, 0.15) is 6.10 Å². The second-order valence-corrected chi connectivity index (χ2v) is 5.76. The zero-order chi connectivity index (χ0) is 14.5. The fraction of sp³-hybridized carbons (Fsp3) is 0.222. The first-order chi connectivity index (χ1) is 9.58. The van der Waals surface area contributed by atoms with Crippen LogP contribution in [0.2, 0.25) is 0 Å². The Morgan fingerprint density at radius 1 is 1.00 bits per heavy atom. The van der Waals surface area contributed by atoms with E-state index < -0.39 is 6.10 Å². The average molecular weight is 282 g/mol. The standard InChI is InChI=1S/C18H18OS/c1-13-11-14(2)18(15(3)12-13)17(19)9-10-20-16-7-5-4-6-8-16/h4-8,11-12,17,19H,1-3H3. The zero-order valence-corrected chi connectivity index (χ0v) is 12.8. The Bertz CT molecular complexity index is 627. The lowest BCUT2D eigenvalue weighted by atomic mass is 9.96. The summed E-state index contributed by atoms with van der Waals surface area (Å²) in [5, 5.41) is 13.2. The highest BCUT2D eigenvalue weighted by molar-refractivity contribution is 8.03. The van der Waals surface area contributed by atoms with Crippen LogP contribution in [0, 0.1) is 31.9 Å². The molecule has 0 aliphatic heterocycles. The van der Waals surface area contributed by atoms with Gasteiger partial charge in [0.15, 0.2) is 0 Å². The Kier molecular flexibility index (Phi) is 4.89. The summed E-state index contributed by atoms with van der Waals surface area (Å²) < 4.78 is 0. The molecule has 0 spiro atoms. The normalized spacial score (nSPS) is 11.6. The zero-order valence-electron chi connectivity index (χ0n) is 12.0. The van der Waals surface area contributed by atoms with Crippen LogP contribution in [0.3, 0.4) is 0 Å². The van der Waals surface area contributed by atoms with Gasteiger partial charge >= 0.3 is 0 Å². The van der Waals surface area contributed by atoms with Crippen LogP contribution in [-0.4, -0.2) is 5.11 Å². The minimum atomic E-state index is -0.730. The molecule has 1 atom stereocenters. The molecule has 0 aliphatic rings. The van der Waals surface area contributed by atoms with Gasteiger partial charge < -0.3 is 5.11 Å². The van der Waals surface area contributed by atoms with E-state index in [-0.39, 0.29) is 0 Å². The van der Waals surface area contributed by atoms with Crippen molar-refractivity contribution in [3.63, 3.8) is 0 Å². The molecule has 102 valence electrons. The molecule has 0 amide bonds. The van der Waals surface area contributed by atoms with Gasteiger partial charge in [-0.1, -0.05) is 41.8 Å². The lowest BCUT2D eigenvalue weighted by molar-refractivity contribution is 0.237. The molecule has 0 radical (unpaired) electrons. The van der Waals surface area contributed by atoms with Crippen molar-refractivity contribution in [2.75, 3.05) is 0 Å². The molecule has 2 aromatic carbocycles. The predicted octanol–water partition coefficient (Wildman–Crippen LogP) is 4.40. The van der Waals surface area contributed by atoms with Crippen molar-refractivity contribution >= 4 is 11.8 Å². The van der Waals surface area contributed by atoms with Gasteiger partial charge in [-0.05, 0) is 66.6 Å². The van der Waals surface area contributed by atoms with E-state index in [0.29, 0.717) is 0 Å². The fourth-order valence-corrected chi connectivity index (χ4v) is 2.91. The van der Waals surface area contributed by atoms with Crippen LogP contribution in [-0.2, 0) is 0 Å². The van der Waals surface area contributed by atoms with Gasteiger partial charge in [-0.2, -0.15) is 0 Å². The summed E-state index contributed by atoms with van der Waals surface area (Å²) >= 11 is 1.44. The van der Waals surface area contributed by atoms with Crippen LogP contribution in [0.25, 0.3) is 0 Å². The Balaban J connectivity index is 2.15. The molecule has 0 heterocycles. The monoisotopic (exact) mass is 282 g/mol. The number of thioether (sulfide) groups is 1. The molecule has 0 aliphatic carbocycles. The molecular formula is C18H18OS. The molecular weight excluding hydrogens is 264 g/mol. The summed E-state index contributed by atoms with van der Waals surface area (Å²) in [6.45, 7) is 6.10. The first-order valence-corrected chi connectivity index (χ1v) is 7.38. The third-order valence-corrected chi connectivity index (χ3v) is 3.85. The van der Waals surface area contributed by atoms with E-state index in [1.165, 1.54) is 17.3 Å². The maximum absolute atomic E-state index is 10.3. The van der Waals surface area contributed by atoms with Crippen LogP contribution in [0.1, 0.15) is 28.4 Å². The first-order valence-electron chi connectivity index (χ1n) is 6.56. The topological polar surface area (TPSA) is 20.2 Å². The molecule has 1 N–H and O–H groups in total. The van der Waals surface area contributed by atoms with E-state index in [0.717, 1.165) is 21.6 Å². The molecule has 2 rings (SSSR count). The van der Waals surface area contributed by atoms with Gasteiger partial charge in [0, 0.05) is 4.90 Å². The quantitative estimate of drug-likeness (QED) is 0.651. The average Bonchev–Trinajstić information content (AvgIpc) is 2.38. The van der Waals surface area contributed by atoms with E-state index >= 15 is 0 Å². The maximum atomic E-state index is 10.3. The van der Waals surface area contributed by atoms with Crippen molar-refractivity contribution in [3.05, 3.63) is 64.7 Å². The summed E-state index contributed by atoms with van der Waals surface area (Å²) in [6, 6.07) is 14.1. The van der Waals surface area contributed by atoms with E-state index in [9.17, 15) is 5.11 Å². The molecule has 0 fully saturated rings. The highest BCUT2D eigenvalue weighted by Gasteiger charge is 2.11. The van der Waals surface area contributed by atoms with E-state index in [1.54, 1.807) is 0 Å². The van der Waals surface area contributed by atoms with Crippen molar-refractivity contribution < 1.29 is 5.11 Å². The van der Waals surface area contributed by atoms with Gasteiger partial charge in [-0.25, -0.2) is 0 Å². The highest BCUT2D eigenvalue weighted by atomic mass is 32.2. The maximum Gasteiger partial charge on any atom is 0.141 e. The van der Waals surface area contributed by atoms with Gasteiger partial charge in [-0.15, -0.1) is 0 Å². The molecule has 2 heteroatoms. The second-order valence-electron chi connectivity index (χ2n) is 4.88. The summed E-state index contributed by atoms with van der Waals surface area (Å²) in [6.07, 6.45) is -0.730. The van der Waals surface area contributed by atoms with Gasteiger partial charge in [-0.3, -0.25) is 0 Å². The molecule has 1 unspecified atom stereocenters. The number of aryl methyl sites for hydroxylation is 3. The van der Waals surface area contributed by atoms with Crippen LogP contribution >= 0.6 is 11.8 Å². The van der Waals surface area contributed by atoms with Crippen molar-refractivity contribution in [1.29, 1.82) is 0 Å². The molecule has 0 bridgehead atoms. The fourth-order valence-electron chi connectivity index (χ4n) is 2.33. The third-order valence-electron chi connectivity index (χ3n) is 3.12. The number of aliphatic hydroxyl groups is 1. The minimum absolute atomic E-state index is 0.730. The van der Waals surface area contributed by atoms with E-state index in [2.05, 4.69) is 30.2 Å². The second kappa shape index (κ2) is 6.65. The van der Waals surface area contributed by atoms with Gasteiger partial charge in [0.05, 0.1) is 0 Å².